The Morgan fingerprint density at radius 1 is 0.688 bits per heavy atom. The second-order valence-electron chi connectivity index (χ2n) is 23.5. The van der Waals surface area contributed by atoms with Gasteiger partial charge in [0.05, 0.1) is 44.7 Å². The second-order valence-corrected chi connectivity index (χ2v) is 25.0. The summed E-state index contributed by atoms with van der Waals surface area (Å²) in [6.07, 6.45) is 20.8. The molecule has 5 aliphatic heterocycles. The minimum Gasteiger partial charge on any atom is -0.748 e. The Bertz CT molecular complexity index is 3070. The van der Waals surface area contributed by atoms with Gasteiger partial charge in [0.25, 0.3) is 5.91 Å². The molecule has 0 saturated carbocycles. The quantitative estimate of drug-likeness (QED) is 0.0300. The van der Waals surface area contributed by atoms with Gasteiger partial charge >= 0.3 is 0 Å². The Labute approximate surface area is 476 Å². The van der Waals surface area contributed by atoms with E-state index in [1.54, 1.807) is 11.0 Å². The summed E-state index contributed by atoms with van der Waals surface area (Å²) in [6, 6.07) is 31.9. The molecule has 426 valence electrons. The number of nitrogens with zero attached hydrogens (tertiary/aromatic N) is 6. The maximum absolute atomic E-state index is 13.9. The van der Waals surface area contributed by atoms with Crippen molar-refractivity contribution in [1.82, 2.24) is 20.0 Å². The number of rotatable bonds is 24. The molecule has 9 rings (SSSR count). The summed E-state index contributed by atoms with van der Waals surface area (Å²) in [6.45, 7) is 19.6. The molecule has 0 radical (unpaired) electrons. The van der Waals surface area contributed by atoms with Gasteiger partial charge in [-0.2, -0.15) is 4.58 Å². The lowest BCUT2D eigenvalue weighted by molar-refractivity contribution is -0.438. The van der Waals surface area contributed by atoms with Crippen LogP contribution in [0.1, 0.15) is 120 Å². The Hall–Kier alpha value is -6.23. The molecule has 3 amide bonds. The zero-order valence-electron chi connectivity index (χ0n) is 47.7. The highest BCUT2D eigenvalue weighted by Crippen LogP contribution is 2.48. The van der Waals surface area contributed by atoms with Gasteiger partial charge in [0, 0.05) is 98.9 Å². The van der Waals surface area contributed by atoms with Gasteiger partial charge in [-0.05, 0) is 126 Å². The first-order valence-corrected chi connectivity index (χ1v) is 31.0. The van der Waals surface area contributed by atoms with Gasteiger partial charge in [0.1, 0.15) is 6.54 Å². The molecule has 0 aromatic heterocycles. The smallest absolute Gasteiger partial charge is 0.257 e. The van der Waals surface area contributed by atoms with Crippen LogP contribution in [0.4, 0.5) is 28.4 Å². The van der Waals surface area contributed by atoms with E-state index in [2.05, 4.69) is 135 Å². The maximum atomic E-state index is 13.9. The fourth-order valence-corrected chi connectivity index (χ4v) is 13.3. The van der Waals surface area contributed by atoms with Crippen LogP contribution < -0.4 is 20.4 Å². The van der Waals surface area contributed by atoms with Gasteiger partial charge in [0.2, 0.25) is 17.5 Å². The number of anilines is 4. The molecule has 15 heteroatoms. The molecular formula is C65H84N8O6S. The van der Waals surface area contributed by atoms with Crippen molar-refractivity contribution in [1.29, 1.82) is 0 Å². The number of allylic oxidation sites excluding steroid dienone is 6. The third-order valence-electron chi connectivity index (χ3n) is 17.3. The highest BCUT2D eigenvalue weighted by Gasteiger charge is 2.44. The predicted octanol–water partition coefficient (Wildman–Crippen LogP) is 10.3. The van der Waals surface area contributed by atoms with E-state index in [1.807, 2.05) is 48.5 Å². The number of unbranched alkanes of at least 4 members (excludes halogenated alkanes) is 4. The number of carbonyl (C=O) groups excluding carboxylic acids is 3. The predicted molar refractivity (Wildman–Crippen MR) is 322 cm³/mol. The van der Waals surface area contributed by atoms with E-state index in [9.17, 15) is 27.4 Å². The van der Waals surface area contributed by atoms with E-state index in [0.717, 1.165) is 102 Å². The Balaban J connectivity index is 0.650. The second kappa shape index (κ2) is 26.6. The zero-order chi connectivity index (χ0) is 56.3. The average Bonchev–Trinajstić information content (AvgIpc) is 3.74. The average molecular weight is 1110 g/mol. The highest BCUT2D eigenvalue weighted by atomic mass is 32.2. The number of benzene rings is 4. The molecule has 2 saturated heterocycles. The van der Waals surface area contributed by atoms with Crippen molar-refractivity contribution in [3.63, 3.8) is 0 Å². The van der Waals surface area contributed by atoms with Crippen molar-refractivity contribution in [2.75, 3.05) is 99.4 Å². The van der Waals surface area contributed by atoms with E-state index in [4.69, 9.17) is 0 Å². The van der Waals surface area contributed by atoms with Gasteiger partial charge in [-0.3, -0.25) is 29.1 Å². The van der Waals surface area contributed by atoms with Crippen LogP contribution in [0.5, 0.6) is 0 Å². The minimum atomic E-state index is -4.24. The minimum absolute atomic E-state index is 0.0182. The molecule has 0 bridgehead atoms. The molecule has 5 heterocycles. The number of hydrogen-bond donors (Lipinski definition) is 2. The molecule has 14 nitrogen and oxygen atoms in total. The van der Waals surface area contributed by atoms with Gasteiger partial charge in [0.15, 0.2) is 5.71 Å². The first-order chi connectivity index (χ1) is 38.6. The first-order valence-electron chi connectivity index (χ1n) is 29.5. The maximum Gasteiger partial charge on any atom is 0.257 e. The number of likely N-dealkylation sites (tertiary alicyclic amines) is 1. The molecule has 0 spiro atoms. The molecule has 0 atom stereocenters. The summed E-state index contributed by atoms with van der Waals surface area (Å²) in [4.78, 5) is 51.3. The van der Waals surface area contributed by atoms with Crippen LogP contribution in [0.15, 0.2) is 133 Å². The number of para-hydroxylation sites is 5. The van der Waals surface area contributed by atoms with Crippen molar-refractivity contribution < 1.29 is 31.9 Å². The van der Waals surface area contributed by atoms with Crippen molar-refractivity contribution in [3.05, 3.63) is 150 Å². The van der Waals surface area contributed by atoms with Crippen LogP contribution >= 0.6 is 0 Å². The monoisotopic (exact) mass is 1100 g/mol. The van der Waals surface area contributed by atoms with Crippen molar-refractivity contribution in [3.8, 4) is 0 Å². The molecule has 4 aromatic rings. The van der Waals surface area contributed by atoms with E-state index in [1.165, 1.54) is 41.8 Å². The topological polar surface area (TPSA) is 152 Å². The molecule has 0 aliphatic carbocycles. The summed E-state index contributed by atoms with van der Waals surface area (Å²) in [5.41, 5.74) is 9.35. The van der Waals surface area contributed by atoms with Crippen LogP contribution in [0.25, 0.3) is 0 Å². The summed E-state index contributed by atoms with van der Waals surface area (Å²) in [5, 5.41) is 6.18. The SMILES string of the molecule is CC1(C)C(/C=C/C=C/C=C2\N(CCCCS(=O)(=O)[O-])c3ccccc3C2(C)C)=[N+](CCCCCC(=O)NCCN2CCN(CCCCC3CCN(CC(=O)N4c5ccccc5NC(=O)c5ccccc54)CC3)CC2)c2ccccc21. The largest absolute Gasteiger partial charge is 0.748 e. The van der Waals surface area contributed by atoms with E-state index in [-0.39, 0.29) is 34.3 Å². The molecule has 0 unspecified atom stereocenters. The fourth-order valence-electron chi connectivity index (χ4n) is 12.8. The van der Waals surface area contributed by atoms with Gasteiger partial charge in [-0.15, -0.1) is 0 Å². The lowest BCUT2D eigenvalue weighted by Gasteiger charge is -2.35. The van der Waals surface area contributed by atoms with Crippen LogP contribution in [0, 0.1) is 5.92 Å². The molecule has 2 fully saturated rings. The van der Waals surface area contributed by atoms with Crippen LogP contribution in [-0.4, -0.2) is 140 Å². The summed E-state index contributed by atoms with van der Waals surface area (Å²) in [5.74, 6) is 0.261. The zero-order valence-corrected chi connectivity index (χ0v) is 48.5. The third kappa shape index (κ3) is 14.3. The van der Waals surface area contributed by atoms with Gasteiger partial charge < -0.3 is 25.0 Å². The van der Waals surface area contributed by atoms with Crippen molar-refractivity contribution >= 4 is 62.0 Å². The third-order valence-corrected chi connectivity index (χ3v) is 18.1. The van der Waals surface area contributed by atoms with Crippen LogP contribution in [0.2, 0.25) is 0 Å². The molecule has 5 aliphatic rings. The lowest BCUT2D eigenvalue weighted by Crippen LogP contribution is -2.48. The summed E-state index contributed by atoms with van der Waals surface area (Å²) in [7, 11) is -4.24. The van der Waals surface area contributed by atoms with Crippen LogP contribution in [0.3, 0.4) is 0 Å². The highest BCUT2D eigenvalue weighted by molar-refractivity contribution is 7.85. The molecule has 2 N–H and O–H groups in total. The number of piperazine rings is 1. The number of amides is 3. The Morgan fingerprint density at radius 2 is 1.35 bits per heavy atom. The number of nitrogens with one attached hydrogen (secondary N) is 2. The summed E-state index contributed by atoms with van der Waals surface area (Å²) >= 11 is 0. The van der Waals surface area contributed by atoms with E-state index in [0.29, 0.717) is 67.4 Å². The number of piperidine rings is 1. The number of hydrogen-bond acceptors (Lipinski definition) is 10. The van der Waals surface area contributed by atoms with Gasteiger partial charge in [-0.1, -0.05) is 106 Å². The summed E-state index contributed by atoms with van der Waals surface area (Å²) < 4.78 is 36.3. The van der Waals surface area contributed by atoms with Crippen molar-refractivity contribution in [2.24, 2.45) is 5.92 Å². The van der Waals surface area contributed by atoms with Gasteiger partial charge in [-0.25, -0.2) is 8.42 Å². The Morgan fingerprint density at radius 3 is 2.11 bits per heavy atom. The van der Waals surface area contributed by atoms with Crippen molar-refractivity contribution in [2.45, 2.75) is 109 Å². The fraction of sp³-hybridized carbons (Fsp3) is 0.477. The van der Waals surface area contributed by atoms with Crippen LogP contribution in [-0.2, 0) is 30.5 Å². The molecule has 80 heavy (non-hydrogen) atoms. The first kappa shape index (κ1) is 58.4. The Kier molecular flexibility index (Phi) is 19.4. The number of fused-ring (bicyclic) bond motifs is 4. The van der Waals surface area contributed by atoms with E-state index < -0.39 is 10.1 Å². The molecule has 4 aromatic carbocycles. The molecular weight excluding hydrogens is 1020 g/mol. The lowest BCUT2D eigenvalue weighted by atomic mass is 9.81. The van der Waals surface area contributed by atoms with E-state index >= 15 is 0 Å². The standard InChI is InChI=1S/C65H84N8O6S/c1-64(2)52-25-11-15-29-56(52)71(59(64)32-7-5-8-33-60-65(3,4)53-26-12-16-30-57(53)72(60)40-21-22-48-80(77,78)79)39-19-6-9-34-61(74)66-37-43-69-46-44-68(45-47-69)38-20-18-23-50-35-41-70(42-36-50)49-62(75)73-55-28-14-10-24-51(55)63(76)67-54-27-13-17-31-58(54)73/h5,7-8,10-17,24-33,50H,6,9,18-23,34-49H2,1-4H3,(H2-,66,67,74,76,77,78,79). The number of carbonyl (C=O) groups is 3. The normalized spacial score (nSPS) is 19.1.